The summed E-state index contributed by atoms with van der Waals surface area (Å²) in [5.41, 5.74) is 7.61. The van der Waals surface area contributed by atoms with Crippen LogP contribution in [0.5, 0.6) is 11.5 Å². The Morgan fingerprint density at radius 1 is 1.19 bits per heavy atom. The van der Waals surface area contributed by atoms with E-state index in [0.717, 1.165) is 24.8 Å². The molecule has 0 saturated carbocycles. The van der Waals surface area contributed by atoms with E-state index in [1.807, 2.05) is 23.1 Å². The van der Waals surface area contributed by atoms with Crippen LogP contribution in [0.15, 0.2) is 29.8 Å². The first kappa shape index (κ1) is 29.0. The molecular formula is C29H45N3O5. The van der Waals surface area contributed by atoms with Crippen molar-refractivity contribution in [1.82, 2.24) is 9.80 Å². The number of fused-ring (bicyclic) bond motifs is 1. The van der Waals surface area contributed by atoms with E-state index >= 15 is 0 Å². The van der Waals surface area contributed by atoms with E-state index in [-0.39, 0.29) is 36.6 Å². The van der Waals surface area contributed by atoms with Crippen LogP contribution in [0.1, 0.15) is 71.8 Å². The molecule has 1 saturated heterocycles. The first-order chi connectivity index (χ1) is 17.6. The Bertz CT molecular complexity index is 964. The predicted octanol–water partition coefficient (Wildman–Crippen LogP) is 4.24. The second-order valence-electron chi connectivity index (χ2n) is 11.4. The van der Waals surface area contributed by atoms with Crippen LogP contribution in [-0.2, 0) is 9.59 Å². The monoisotopic (exact) mass is 515 g/mol. The molecule has 0 bridgehead atoms. The second-order valence-corrected chi connectivity index (χ2v) is 11.4. The highest BCUT2D eigenvalue weighted by molar-refractivity contribution is 5.79. The molecule has 0 aromatic heterocycles. The number of nitrogens with two attached hydrogens (primary N) is 1. The Labute approximate surface area is 221 Å². The van der Waals surface area contributed by atoms with Crippen LogP contribution in [0.3, 0.4) is 0 Å². The Balaban J connectivity index is 1.93. The molecule has 8 nitrogen and oxygen atoms in total. The number of carbonyl (C=O) groups excluding carboxylic acids is 1. The third kappa shape index (κ3) is 7.48. The summed E-state index contributed by atoms with van der Waals surface area (Å²) >= 11 is 0. The zero-order valence-corrected chi connectivity index (χ0v) is 23.2. The number of unbranched alkanes of at least 4 members (excludes halogenated alkanes) is 1. The van der Waals surface area contributed by atoms with E-state index in [4.69, 9.17) is 15.2 Å². The number of nitrogens with zero attached hydrogens (tertiary/aromatic N) is 2. The third-order valence-corrected chi connectivity index (χ3v) is 7.38. The standard InChI is InChI=1S/C29H45N3O5/c1-6-7-12-31(13-8-11-30)26(33)18-32-17-22(21-9-10-24-25(14-21)37-19-36-24)27(28(34)35)23(32)16-29(4,5)15-20(2)3/h9-10,14-15,22-23,27H,6-8,11-13,16-19,30H2,1-5H3,(H,34,35)/t22-,23+,27-/m1/s1. The molecule has 0 aliphatic carbocycles. The topological polar surface area (TPSA) is 105 Å². The number of benzene rings is 1. The van der Waals surface area contributed by atoms with Crippen molar-refractivity contribution >= 4 is 11.9 Å². The number of amides is 1. The number of aliphatic carboxylic acids is 1. The van der Waals surface area contributed by atoms with Gasteiger partial charge in [0.25, 0.3) is 0 Å². The van der Waals surface area contributed by atoms with E-state index < -0.39 is 11.9 Å². The van der Waals surface area contributed by atoms with Gasteiger partial charge in [-0.05, 0) is 62.8 Å². The maximum Gasteiger partial charge on any atom is 0.308 e. The lowest BCUT2D eigenvalue weighted by atomic mass is 9.77. The minimum absolute atomic E-state index is 0.0439. The number of allylic oxidation sites excluding steroid dienone is 2. The van der Waals surface area contributed by atoms with Crippen LogP contribution in [0.25, 0.3) is 0 Å². The number of carboxylic acids is 1. The van der Waals surface area contributed by atoms with Crippen LogP contribution in [0.4, 0.5) is 0 Å². The summed E-state index contributed by atoms with van der Waals surface area (Å²) in [5.74, 6) is -0.381. The molecule has 1 aromatic carbocycles. The summed E-state index contributed by atoms with van der Waals surface area (Å²) in [7, 11) is 0. The van der Waals surface area contributed by atoms with Crippen molar-refractivity contribution in [2.75, 3.05) is 39.5 Å². The van der Waals surface area contributed by atoms with Gasteiger partial charge in [0.1, 0.15) is 0 Å². The molecule has 1 aromatic rings. The minimum Gasteiger partial charge on any atom is -0.481 e. The molecule has 3 atom stereocenters. The van der Waals surface area contributed by atoms with Gasteiger partial charge in [0.05, 0.1) is 12.5 Å². The smallest absolute Gasteiger partial charge is 0.308 e. The van der Waals surface area contributed by atoms with Gasteiger partial charge in [-0.15, -0.1) is 0 Å². The predicted molar refractivity (Wildman–Crippen MR) is 145 cm³/mol. The number of carboxylic acid groups (broad SMARTS) is 1. The first-order valence-corrected chi connectivity index (χ1v) is 13.6. The molecule has 8 heteroatoms. The Morgan fingerprint density at radius 2 is 1.89 bits per heavy atom. The van der Waals surface area contributed by atoms with E-state index in [1.54, 1.807) is 0 Å². The molecule has 2 aliphatic rings. The highest BCUT2D eigenvalue weighted by Crippen LogP contribution is 2.45. The molecule has 2 heterocycles. The van der Waals surface area contributed by atoms with Crippen molar-refractivity contribution in [3.05, 3.63) is 35.4 Å². The van der Waals surface area contributed by atoms with Crippen LogP contribution in [0, 0.1) is 11.3 Å². The number of hydrogen-bond acceptors (Lipinski definition) is 6. The highest BCUT2D eigenvalue weighted by atomic mass is 16.7. The van der Waals surface area contributed by atoms with E-state index in [2.05, 4.69) is 45.6 Å². The zero-order valence-electron chi connectivity index (χ0n) is 23.2. The maximum absolute atomic E-state index is 13.5. The van der Waals surface area contributed by atoms with E-state index in [9.17, 15) is 14.7 Å². The Kier molecular flexibility index (Phi) is 10.0. The molecule has 0 radical (unpaired) electrons. The van der Waals surface area contributed by atoms with Gasteiger partial charge in [-0.3, -0.25) is 14.5 Å². The van der Waals surface area contributed by atoms with Gasteiger partial charge in [-0.2, -0.15) is 0 Å². The first-order valence-electron chi connectivity index (χ1n) is 13.6. The summed E-state index contributed by atoms with van der Waals surface area (Å²) in [6.45, 7) is 13.2. The van der Waals surface area contributed by atoms with Crippen molar-refractivity contribution in [1.29, 1.82) is 0 Å². The lowest BCUT2D eigenvalue weighted by Gasteiger charge is -2.34. The van der Waals surface area contributed by atoms with Gasteiger partial charge < -0.3 is 25.2 Å². The summed E-state index contributed by atoms with van der Waals surface area (Å²) in [4.78, 5) is 30.3. The molecule has 2 aliphatic heterocycles. The summed E-state index contributed by atoms with van der Waals surface area (Å²) < 4.78 is 11.0. The van der Waals surface area contributed by atoms with Gasteiger partial charge in [0.15, 0.2) is 11.5 Å². The average Bonchev–Trinajstić information content (AvgIpc) is 3.42. The van der Waals surface area contributed by atoms with Gasteiger partial charge >= 0.3 is 5.97 Å². The number of rotatable bonds is 13. The van der Waals surface area contributed by atoms with Gasteiger partial charge in [0, 0.05) is 31.6 Å². The molecule has 3 rings (SSSR count). The quantitative estimate of drug-likeness (QED) is 0.379. The van der Waals surface area contributed by atoms with Crippen LogP contribution in [-0.4, -0.2) is 72.3 Å². The number of ether oxygens (including phenoxy) is 2. The van der Waals surface area contributed by atoms with Crippen molar-refractivity contribution < 1.29 is 24.2 Å². The number of carbonyl (C=O) groups is 2. The summed E-state index contributed by atoms with van der Waals surface area (Å²) in [6.07, 6.45) is 5.54. The zero-order chi connectivity index (χ0) is 27.2. The lowest BCUT2D eigenvalue weighted by Crippen LogP contribution is -2.46. The average molecular weight is 516 g/mol. The molecule has 1 amide bonds. The summed E-state index contributed by atoms with van der Waals surface area (Å²) in [5, 5.41) is 10.5. The van der Waals surface area contributed by atoms with Crippen molar-refractivity contribution in [2.24, 2.45) is 17.1 Å². The van der Waals surface area contributed by atoms with Crippen LogP contribution < -0.4 is 15.2 Å². The molecule has 0 spiro atoms. The lowest BCUT2D eigenvalue weighted by molar-refractivity contribution is -0.144. The fraction of sp³-hybridized carbons (Fsp3) is 0.655. The maximum atomic E-state index is 13.5. The van der Waals surface area contributed by atoms with Gasteiger partial charge in [-0.25, -0.2) is 0 Å². The Hall–Kier alpha value is -2.58. The number of likely N-dealkylation sites (tertiary alicyclic amines) is 1. The molecular weight excluding hydrogens is 470 g/mol. The fourth-order valence-electron chi connectivity index (χ4n) is 5.87. The molecule has 3 N–H and O–H groups in total. The fourth-order valence-corrected chi connectivity index (χ4v) is 5.87. The molecule has 1 fully saturated rings. The second kappa shape index (κ2) is 12.8. The van der Waals surface area contributed by atoms with Crippen molar-refractivity contribution in [2.45, 2.75) is 72.3 Å². The number of hydrogen-bond donors (Lipinski definition) is 2. The normalized spacial score (nSPS) is 21.2. The third-order valence-electron chi connectivity index (χ3n) is 7.38. The SMILES string of the molecule is CCCCN(CCCN)C(=O)CN1C[C@H](c2ccc3c(c2)OCO3)[C@@H](C(=O)O)[C@@H]1CC(C)(C)C=C(C)C. The molecule has 206 valence electrons. The minimum atomic E-state index is -0.832. The molecule has 37 heavy (non-hydrogen) atoms. The van der Waals surface area contributed by atoms with Gasteiger partial charge in [0.2, 0.25) is 12.7 Å². The van der Waals surface area contributed by atoms with Gasteiger partial charge in [-0.1, -0.05) is 44.9 Å². The van der Waals surface area contributed by atoms with E-state index in [0.29, 0.717) is 44.1 Å². The van der Waals surface area contributed by atoms with E-state index in [1.165, 1.54) is 5.57 Å². The van der Waals surface area contributed by atoms with Crippen molar-refractivity contribution in [3.63, 3.8) is 0 Å². The molecule has 0 unspecified atom stereocenters. The van der Waals surface area contributed by atoms with Crippen LogP contribution in [0.2, 0.25) is 0 Å². The Morgan fingerprint density at radius 3 is 2.54 bits per heavy atom. The largest absolute Gasteiger partial charge is 0.481 e. The summed E-state index contributed by atoms with van der Waals surface area (Å²) in [6, 6.07) is 5.41. The van der Waals surface area contributed by atoms with Crippen molar-refractivity contribution in [3.8, 4) is 11.5 Å². The highest BCUT2D eigenvalue weighted by Gasteiger charge is 2.48. The van der Waals surface area contributed by atoms with Crippen LogP contribution >= 0.6 is 0 Å².